The number of urea groups is 1. The normalized spacial score (nSPS) is 21.2. The zero-order valence-electron chi connectivity index (χ0n) is 16.7. The van der Waals surface area contributed by atoms with E-state index in [1.165, 1.54) is 0 Å². The zero-order chi connectivity index (χ0) is 20.6. The summed E-state index contributed by atoms with van der Waals surface area (Å²) >= 11 is 0. The van der Waals surface area contributed by atoms with E-state index in [2.05, 4.69) is 5.32 Å². The van der Waals surface area contributed by atoms with Crippen LogP contribution < -0.4 is 10.2 Å². The summed E-state index contributed by atoms with van der Waals surface area (Å²) in [5.41, 5.74) is 1.92. The van der Waals surface area contributed by atoms with Crippen molar-refractivity contribution in [2.75, 3.05) is 11.4 Å². The second-order valence-electron chi connectivity index (χ2n) is 8.10. The summed E-state index contributed by atoms with van der Waals surface area (Å²) < 4.78 is 0. The smallest absolute Gasteiger partial charge is 0.323 e. The van der Waals surface area contributed by atoms with Crippen molar-refractivity contribution in [3.8, 4) is 0 Å². The third-order valence-corrected chi connectivity index (χ3v) is 5.82. The van der Waals surface area contributed by atoms with Crippen molar-refractivity contribution in [3.63, 3.8) is 0 Å². The van der Waals surface area contributed by atoms with E-state index >= 15 is 0 Å². The van der Waals surface area contributed by atoms with Gasteiger partial charge in [0.05, 0.1) is 6.54 Å². The van der Waals surface area contributed by atoms with Crippen LogP contribution in [0, 0.1) is 12.8 Å². The van der Waals surface area contributed by atoms with Crippen molar-refractivity contribution in [1.82, 2.24) is 10.2 Å². The second-order valence-corrected chi connectivity index (χ2v) is 8.10. The Bertz CT molecular complexity index is 938. The predicted octanol–water partition coefficient (Wildman–Crippen LogP) is 3.25. The maximum Gasteiger partial charge on any atom is 0.325 e. The van der Waals surface area contributed by atoms with Crippen LogP contribution in [0.3, 0.4) is 0 Å². The summed E-state index contributed by atoms with van der Waals surface area (Å²) in [5.74, 6) is -0.431. The minimum Gasteiger partial charge on any atom is -0.323 e. The highest BCUT2D eigenvalue weighted by Crippen LogP contribution is 2.42. The summed E-state index contributed by atoms with van der Waals surface area (Å²) in [7, 11) is 0. The number of rotatable bonds is 6. The number of amides is 4. The Morgan fingerprint density at radius 2 is 1.76 bits per heavy atom. The Kier molecular flexibility index (Phi) is 4.86. The molecule has 1 atom stereocenters. The van der Waals surface area contributed by atoms with E-state index in [0.717, 1.165) is 34.6 Å². The van der Waals surface area contributed by atoms with E-state index in [1.807, 2.05) is 61.5 Å². The molecule has 1 aliphatic heterocycles. The lowest BCUT2D eigenvalue weighted by Gasteiger charge is -2.26. The van der Waals surface area contributed by atoms with Gasteiger partial charge in [-0.3, -0.25) is 14.5 Å². The number of nitrogens with one attached hydrogen (secondary N) is 1. The number of hydrogen-bond acceptors (Lipinski definition) is 3. The lowest BCUT2D eigenvalue weighted by Crippen LogP contribution is -2.47. The van der Waals surface area contributed by atoms with E-state index in [4.69, 9.17) is 0 Å². The Morgan fingerprint density at radius 3 is 2.38 bits per heavy atom. The number of aryl methyl sites for hydroxylation is 1. The van der Waals surface area contributed by atoms with Gasteiger partial charge in [-0.2, -0.15) is 0 Å². The molecule has 150 valence electrons. The third kappa shape index (κ3) is 3.75. The number of carbonyl (C=O) groups is 3. The molecule has 4 amide bonds. The SMILES string of the molecule is Cc1ccc(N(Cc2ccccc2)C(=O)CN2C(=O)NC(C)(C3CC3)C2=O)cc1. The molecule has 2 aromatic rings. The average Bonchev–Trinajstić information content (AvgIpc) is 3.54. The van der Waals surface area contributed by atoms with E-state index in [0.29, 0.717) is 6.54 Å². The van der Waals surface area contributed by atoms with E-state index in [-0.39, 0.29) is 24.3 Å². The van der Waals surface area contributed by atoms with Crippen molar-refractivity contribution in [1.29, 1.82) is 0 Å². The first kappa shape index (κ1) is 19.2. The highest BCUT2D eigenvalue weighted by Gasteiger charge is 2.56. The minimum atomic E-state index is -0.883. The Hall–Kier alpha value is -3.15. The molecule has 1 saturated heterocycles. The molecule has 29 heavy (non-hydrogen) atoms. The summed E-state index contributed by atoms with van der Waals surface area (Å²) in [6, 6.07) is 16.8. The average molecular weight is 391 g/mol. The van der Waals surface area contributed by atoms with Gasteiger partial charge in [0.25, 0.3) is 5.91 Å². The van der Waals surface area contributed by atoms with Gasteiger partial charge in [0.1, 0.15) is 12.1 Å². The van der Waals surface area contributed by atoms with Crippen LogP contribution in [0.4, 0.5) is 10.5 Å². The van der Waals surface area contributed by atoms with Crippen molar-refractivity contribution in [2.45, 2.75) is 38.8 Å². The molecule has 1 saturated carbocycles. The van der Waals surface area contributed by atoms with Crippen LogP contribution in [0.1, 0.15) is 30.9 Å². The van der Waals surface area contributed by atoms with Crippen molar-refractivity contribution in [2.24, 2.45) is 5.92 Å². The van der Waals surface area contributed by atoms with Crippen LogP contribution in [-0.2, 0) is 16.1 Å². The molecule has 6 nitrogen and oxygen atoms in total. The fraction of sp³-hybridized carbons (Fsp3) is 0.348. The summed E-state index contributed by atoms with van der Waals surface area (Å²) in [6.07, 6.45) is 1.85. The number of nitrogens with zero attached hydrogens (tertiary/aromatic N) is 2. The molecule has 4 rings (SSSR count). The van der Waals surface area contributed by atoms with Crippen LogP contribution in [0.2, 0.25) is 0 Å². The van der Waals surface area contributed by atoms with E-state index < -0.39 is 11.6 Å². The van der Waals surface area contributed by atoms with Crippen LogP contribution in [0.5, 0.6) is 0 Å². The van der Waals surface area contributed by atoms with Crippen LogP contribution in [0.25, 0.3) is 0 Å². The molecule has 0 bridgehead atoms. The number of imide groups is 1. The quantitative estimate of drug-likeness (QED) is 0.769. The first-order valence-electron chi connectivity index (χ1n) is 9.93. The van der Waals surface area contributed by atoms with Gasteiger partial charge in [-0.05, 0) is 50.3 Å². The largest absolute Gasteiger partial charge is 0.325 e. The Morgan fingerprint density at radius 1 is 1.10 bits per heavy atom. The standard InChI is InChI=1S/C23H25N3O3/c1-16-8-12-19(13-9-16)25(14-17-6-4-3-5-7-17)20(27)15-26-21(28)23(2,18-10-11-18)24-22(26)29/h3-9,12-13,18H,10-11,14-15H2,1-2H3,(H,24,29). The van der Waals surface area contributed by atoms with Gasteiger partial charge in [0.2, 0.25) is 5.91 Å². The summed E-state index contributed by atoms with van der Waals surface area (Å²) in [5, 5.41) is 2.80. The molecule has 6 heteroatoms. The van der Waals surface area contributed by atoms with Crippen LogP contribution in [-0.4, -0.2) is 34.8 Å². The van der Waals surface area contributed by atoms with Crippen LogP contribution >= 0.6 is 0 Å². The number of carbonyl (C=O) groups excluding carboxylic acids is 3. The van der Waals surface area contributed by atoms with Crippen LogP contribution in [0.15, 0.2) is 54.6 Å². The molecule has 0 spiro atoms. The summed E-state index contributed by atoms with van der Waals surface area (Å²) in [6.45, 7) is 3.84. The predicted molar refractivity (Wildman–Crippen MR) is 110 cm³/mol. The fourth-order valence-electron chi connectivity index (χ4n) is 3.83. The molecule has 2 aromatic carbocycles. The Balaban J connectivity index is 1.57. The minimum absolute atomic E-state index is 0.163. The van der Waals surface area contributed by atoms with Gasteiger partial charge in [-0.1, -0.05) is 48.0 Å². The molecule has 2 aliphatic rings. The number of anilines is 1. The molecular weight excluding hydrogens is 366 g/mol. The Labute approximate surface area is 170 Å². The lowest BCUT2D eigenvalue weighted by molar-refractivity contribution is -0.134. The molecule has 1 aliphatic carbocycles. The van der Waals surface area contributed by atoms with Gasteiger partial charge >= 0.3 is 6.03 Å². The first-order chi connectivity index (χ1) is 13.9. The maximum absolute atomic E-state index is 13.2. The third-order valence-electron chi connectivity index (χ3n) is 5.82. The molecule has 1 unspecified atom stereocenters. The van der Waals surface area contributed by atoms with Gasteiger partial charge in [0, 0.05) is 5.69 Å². The fourth-order valence-corrected chi connectivity index (χ4v) is 3.83. The zero-order valence-corrected chi connectivity index (χ0v) is 16.7. The van der Waals surface area contributed by atoms with Crippen molar-refractivity contribution in [3.05, 3.63) is 65.7 Å². The highest BCUT2D eigenvalue weighted by atomic mass is 16.2. The first-order valence-corrected chi connectivity index (χ1v) is 9.93. The molecule has 0 aromatic heterocycles. The van der Waals surface area contributed by atoms with Gasteiger partial charge in [-0.25, -0.2) is 4.79 Å². The molecule has 0 radical (unpaired) electrons. The molecule has 2 fully saturated rings. The topological polar surface area (TPSA) is 69.7 Å². The van der Waals surface area contributed by atoms with Gasteiger partial charge in [-0.15, -0.1) is 0 Å². The van der Waals surface area contributed by atoms with Gasteiger partial charge < -0.3 is 10.2 Å². The van der Waals surface area contributed by atoms with Gasteiger partial charge in [0.15, 0.2) is 0 Å². The van der Waals surface area contributed by atoms with Crippen molar-refractivity contribution >= 4 is 23.5 Å². The second kappa shape index (κ2) is 7.35. The molecule has 1 heterocycles. The molecule has 1 N–H and O–H groups in total. The van der Waals surface area contributed by atoms with E-state index in [1.54, 1.807) is 11.8 Å². The lowest BCUT2D eigenvalue weighted by atomic mass is 9.96. The molecular formula is C23H25N3O3. The number of benzene rings is 2. The van der Waals surface area contributed by atoms with E-state index in [9.17, 15) is 14.4 Å². The number of hydrogen-bond donors (Lipinski definition) is 1. The highest BCUT2D eigenvalue weighted by molar-refractivity contribution is 6.10. The summed E-state index contributed by atoms with van der Waals surface area (Å²) in [4.78, 5) is 41.3. The maximum atomic E-state index is 13.2. The van der Waals surface area contributed by atoms with Crippen molar-refractivity contribution < 1.29 is 14.4 Å². The monoisotopic (exact) mass is 391 g/mol.